The van der Waals surface area contributed by atoms with Crippen LogP contribution in [0.1, 0.15) is 23.7 Å². The van der Waals surface area contributed by atoms with Crippen molar-refractivity contribution in [3.63, 3.8) is 0 Å². The Kier molecular flexibility index (Phi) is 3.89. The molecular weight excluding hydrogens is 312 g/mol. The van der Waals surface area contributed by atoms with Crippen LogP contribution in [-0.2, 0) is 9.53 Å². The average Bonchev–Trinajstić information content (AvgIpc) is 2.99. The lowest BCUT2D eigenvalue weighted by Gasteiger charge is -2.20. The van der Waals surface area contributed by atoms with E-state index in [1.54, 1.807) is 0 Å². The largest absolute Gasteiger partial charge is 0.376 e. The molecule has 0 aromatic carbocycles. The number of nitrogens with one attached hydrogen (secondary N) is 1. The van der Waals surface area contributed by atoms with Gasteiger partial charge in [-0.3, -0.25) is 9.59 Å². The number of carbonyl (C=O) groups excluding carboxylic acids is 2. The van der Waals surface area contributed by atoms with Gasteiger partial charge in [0, 0.05) is 48.3 Å². The van der Waals surface area contributed by atoms with Gasteiger partial charge in [-0.05, 0) is 23.8 Å². The molecule has 3 heterocycles. The Morgan fingerprint density at radius 1 is 1.43 bits per heavy atom. The molecule has 6 heteroatoms. The fraction of sp³-hybridized carbons (Fsp3) is 0.647. The minimum atomic E-state index is -0.0209. The second-order valence-electron chi connectivity index (χ2n) is 7.08. The number of rotatable bonds is 4. The molecule has 2 saturated heterocycles. The first kappa shape index (κ1) is 15.1. The second-order valence-corrected chi connectivity index (χ2v) is 7.86. The maximum absolute atomic E-state index is 12.4. The molecule has 5 atom stereocenters. The van der Waals surface area contributed by atoms with Gasteiger partial charge in [0.1, 0.15) is 0 Å². The lowest BCUT2D eigenvalue weighted by Crippen LogP contribution is -2.35. The Morgan fingerprint density at radius 3 is 2.96 bits per heavy atom. The summed E-state index contributed by atoms with van der Waals surface area (Å²) in [5.74, 6) is 1.73. The van der Waals surface area contributed by atoms with E-state index in [1.807, 2.05) is 21.7 Å². The van der Waals surface area contributed by atoms with Gasteiger partial charge in [0.05, 0.1) is 12.7 Å². The van der Waals surface area contributed by atoms with Crippen molar-refractivity contribution in [2.24, 2.45) is 23.7 Å². The first-order valence-electron chi connectivity index (χ1n) is 8.34. The lowest BCUT2D eigenvalue weighted by molar-refractivity contribution is -0.132. The normalized spacial score (nSPS) is 35.2. The Labute approximate surface area is 140 Å². The van der Waals surface area contributed by atoms with Crippen molar-refractivity contribution in [3.8, 4) is 0 Å². The van der Waals surface area contributed by atoms with E-state index in [4.69, 9.17) is 4.74 Å². The third-order valence-corrected chi connectivity index (χ3v) is 6.17. The number of likely N-dealkylation sites (tertiary alicyclic amines) is 1. The van der Waals surface area contributed by atoms with Crippen LogP contribution >= 0.6 is 11.3 Å². The van der Waals surface area contributed by atoms with Crippen molar-refractivity contribution in [3.05, 3.63) is 22.4 Å². The van der Waals surface area contributed by atoms with E-state index in [0.29, 0.717) is 36.8 Å². The summed E-state index contributed by atoms with van der Waals surface area (Å²) in [6.07, 6.45) is 1.18. The molecule has 124 valence electrons. The zero-order chi connectivity index (χ0) is 16.0. The molecule has 1 N–H and O–H groups in total. The van der Waals surface area contributed by atoms with E-state index in [2.05, 4.69) is 12.2 Å². The van der Waals surface area contributed by atoms with E-state index in [0.717, 1.165) is 25.1 Å². The van der Waals surface area contributed by atoms with Gasteiger partial charge < -0.3 is 15.0 Å². The van der Waals surface area contributed by atoms with Gasteiger partial charge >= 0.3 is 0 Å². The highest BCUT2D eigenvalue weighted by atomic mass is 32.1. The maximum atomic E-state index is 12.4. The number of hydrogen-bond acceptors (Lipinski definition) is 4. The fourth-order valence-corrected chi connectivity index (χ4v) is 4.45. The predicted molar refractivity (Wildman–Crippen MR) is 87.2 cm³/mol. The lowest BCUT2D eigenvalue weighted by atomic mass is 9.93. The third-order valence-electron chi connectivity index (χ3n) is 5.49. The number of hydrogen-bond donors (Lipinski definition) is 1. The van der Waals surface area contributed by atoms with E-state index in [-0.39, 0.29) is 17.9 Å². The molecular formula is C17H22N2O3S. The zero-order valence-electron chi connectivity index (χ0n) is 13.2. The van der Waals surface area contributed by atoms with Gasteiger partial charge in [0.15, 0.2) is 0 Å². The topological polar surface area (TPSA) is 58.6 Å². The van der Waals surface area contributed by atoms with Gasteiger partial charge in [-0.25, -0.2) is 0 Å². The first-order chi connectivity index (χ1) is 11.1. The van der Waals surface area contributed by atoms with Crippen molar-refractivity contribution >= 4 is 23.2 Å². The first-order valence-corrected chi connectivity index (χ1v) is 9.28. The summed E-state index contributed by atoms with van der Waals surface area (Å²) >= 11 is 1.52. The monoisotopic (exact) mass is 334 g/mol. The highest BCUT2D eigenvalue weighted by Gasteiger charge is 2.49. The molecule has 0 bridgehead atoms. The van der Waals surface area contributed by atoms with Crippen LogP contribution in [-0.4, -0.2) is 49.1 Å². The molecule has 0 unspecified atom stereocenters. The highest BCUT2D eigenvalue weighted by molar-refractivity contribution is 7.08. The molecule has 0 radical (unpaired) electrons. The summed E-state index contributed by atoms with van der Waals surface area (Å²) in [7, 11) is 0. The molecule has 0 spiro atoms. The molecule has 2 aliphatic heterocycles. The van der Waals surface area contributed by atoms with Crippen LogP contribution in [0.2, 0.25) is 0 Å². The van der Waals surface area contributed by atoms with Gasteiger partial charge in [0.25, 0.3) is 5.91 Å². The average molecular weight is 334 g/mol. The van der Waals surface area contributed by atoms with Crippen molar-refractivity contribution in [1.29, 1.82) is 0 Å². The minimum Gasteiger partial charge on any atom is -0.376 e. The summed E-state index contributed by atoms with van der Waals surface area (Å²) in [6, 6.07) is 1.83. The maximum Gasteiger partial charge on any atom is 0.252 e. The molecule has 5 nitrogen and oxygen atoms in total. The molecule has 1 saturated carbocycles. The molecule has 3 aliphatic rings. The minimum absolute atomic E-state index is 0.0209. The SMILES string of the molecule is C[C@H]1C[C@@H]1C(=O)N1C[C@@H]2[C@@H](CNC(=O)c3ccsc3)CO[C@@H]2C1. The van der Waals surface area contributed by atoms with Gasteiger partial charge in [-0.2, -0.15) is 11.3 Å². The Morgan fingerprint density at radius 2 is 2.26 bits per heavy atom. The van der Waals surface area contributed by atoms with Crippen molar-refractivity contribution in [1.82, 2.24) is 10.2 Å². The van der Waals surface area contributed by atoms with Crippen LogP contribution in [0.3, 0.4) is 0 Å². The zero-order valence-corrected chi connectivity index (χ0v) is 14.1. The van der Waals surface area contributed by atoms with E-state index < -0.39 is 0 Å². The quantitative estimate of drug-likeness (QED) is 0.910. The molecule has 2 amide bonds. The van der Waals surface area contributed by atoms with Crippen LogP contribution in [0.25, 0.3) is 0 Å². The van der Waals surface area contributed by atoms with Gasteiger partial charge in [-0.1, -0.05) is 6.92 Å². The Balaban J connectivity index is 1.31. The summed E-state index contributed by atoms with van der Waals surface area (Å²) < 4.78 is 5.88. The van der Waals surface area contributed by atoms with Crippen LogP contribution in [0.5, 0.6) is 0 Å². The van der Waals surface area contributed by atoms with Crippen LogP contribution in [0, 0.1) is 23.7 Å². The van der Waals surface area contributed by atoms with Crippen LogP contribution in [0.4, 0.5) is 0 Å². The Hall–Kier alpha value is -1.40. The fourth-order valence-electron chi connectivity index (χ4n) is 3.81. The number of ether oxygens (including phenoxy) is 1. The van der Waals surface area contributed by atoms with E-state index in [9.17, 15) is 9.59 Å². The highest BCUT2D eigenvalue weighted by Crippen LogP contribution is 2.41. The van der Waals surface area contributed by atoms with Crippen LogP contribution < -0.4 is 5.32 Å². The second kappa shape index (κ2) is 5.91. The summed E-state index contributed by atoms with van der Waals surface area (Å²) in [4.78, 5) is 26.4. The van der Waals surface area contributed by atoms with Crippen molar-refractivity contribution < 1.29 is 14.3 Å². The predicted octanol–water partition coefficient (Wildman–Crippen LogP) is 1.61. The van der Waals surface area contributed by atoms with Gasteiger partial charge in [-0.15, -0.1) is 0 Å². The molecule has 23 heavy (non-hydrogen) atoms. The van der Waals surface area contributed by atoms with E-state index >= 15 is 0 Å². The summed E-state index contributed by atoms with van der Waals surface area (Å²) in [6.45, 7) is 4.95. The number of nitrogens with zero attached hydrogens (tertiary/aromatic N) is 1. The van der Waals surface area contributed by atoms with Crippen molar-refractivity contribution in [2.75, 3.05) is 26.2 Å². The summed E-state index contributed by atoms with van der Waals surface area (Å²) in [5.41, 5.74) is 0.719. The molecule has 4 rings (SSSR count). The molecule has 3 fully saturated rings. The standard InChI is InChI=1S/C17H22N2O3S/c1-10-4-13(10)17(21)19-6-14-12(8-22-15(14)7-19)5-18-16(20)11-2-3-23-9-11/h2-3,9-10,12-15H,4-8H2,1H3,(H,18,20)/t10-,12-,13-,14+,15+/m0/s1. The number of amides is 2. The number of carbonyl (C=O) groups is 2. The van der Waals surface area contributed by atoms with Gasteiger partial charge in [0.2, 0.25) is 5.91 Å². The third kappa shape index (κ3) is 2.90. The number of thiophene rings is 1. The van der Waals surface area contributed by atoms with E-state index in [1.165, 1.54) is 11.3 Å². The molecule has 1 aromatic rings. The number of fused-ring (bicyclic) bond motifs is 1. The Bertz CT molecular complexity index is 603. The van der Waals surface area contributed by atoms with Crippen LogP contribution in [0.15, 0.2) is 16.8 Å². The summed E-state index contributed by atoms with van der Waals surface area (Å²) in [5, 5.41) is 6.77. The smallest absolute Gasteiger partial charge is 0.252 e. The molecule has 1 aliphatic carbocycles. The van der Waals surface area contributed by atoms with Crippen molar-refractivity contribution in [2.45, 2.75) is 19.4 Å². The molecule has 1 aromatic heterocycles.